The van der Waals surface area contributed by atoms with Gasteiger partial charge in [0.15, 0.2) is 13.2 Å². The monoisotopic (exact) mass is 471 g/mol. The topological polar surface area (TPSA) is 65.1 Å². The zero-order valence-electron chi connectivity index (χ0n) is 16.8. The van der Waals surface area contributed by atoms with Crippen LogP contribution in [-0.2, 0) is 20.9 Å². The molecule has 7 heteroatoms. The molecule has 3 rings (SSSR count). The van der Waals surface area contributed by atoms with Gasteiger partial charge in [-0.25, -0.2) is 4.79 Å². The van der Waals surface area contributed by atoms with Gasteiger partial charge in [-0.1, -0.05) is 34.1 Å². The molecule has 156 valence electrons. The summed E-state index contributed by atoms with van der Waals surface area (Å²) >= 11 is 3.33. The van der Waals surface area contributed by atoms with Crippen molar-refractivity contribution in [3.8, 4) is 11.5 Å². The van der Waals surface area contributed by atoms with E-state index in [0.29, 0.717) is 12.3 Å². The van der Waals surface area contributed by atoms with E-state index in [9.17, 15) is 9.59 Å². The smallest absolute Gasteiger partial charge is 0.344 e. The molecule has 0 spiro atoms. The molecule has 0 fully saturated rings. The number of benzene rings is 3. The van der Waals surface area contributed by atoms with E-state index in [2.05, 4.69) is 15.9 Å². The van der Waals surface area contributed by atoms with E-state index < -0.39 is 5.97 Å². The van der Waals surface area contributed by atoms with Crippen molar-refractivity contribution in [2.45, 2.75) is 6.54 Å². The van der Waals surface area contributed by atoms with Crippen LogP contribution in [0.2, 0.25) is 0 Å². The van der Waals surface area contributed by atoms with E-state index >= 15 is 0 Å². The molecule has 0 bridgehead atoms. The first kappa shape index (κ1) is 21.6. The predicted molar refractivity (Wildman–Crippen MR) is 118 cm³/mol. The molecule has 0 saturated carbocycles. The lowest BCUT2D eigenvalue weighted by Crippen LogP contribution is -2.31. The summed E-state index contributed by atoms with van der Waals surface area (Å²) < 4.78 is 16.5. The number of carbonyl (C=O) groups excluding carboxylic acids is 2. The van der Waals surface area contributed by atoms with E-state index in [1.165, 1.54) is 4.90 Å². The number of hydrogen-bond acceptors (Lipinski definition) is 5. The number of likely N-dealkylation sites (N-methyl/N-ethyl adjacent to an activating group) is 1. The Morgan fingerprint density at radius 3 is 2.30 bits per heavy atom. The highest BCUT2D eigenvalue weighted by Gasteiger charge is 2.13. The zero-order valence-corrected chi connectivity index (χ0v) is 18.3. The first-order chi connectivity index (χ1) is 14.4. The maximum absolute atomic E-state index is 12.3. The molecule has 0 aliphatic carbocycles. The fraction of sp³-hybridized carbons (Fsp3) is 0.217. The molecule has 0 aliphatic heterocycles. The van der Waals surface area contributed by atoms with Gasteiger partial charge in [0.2, 0.25) is 0 Å². The Hall–Kier alpha value is -3.06. The quantitative estimate of drug-likeness (QED) is 0.460. The van der Waals surface area contributed by atoms with E-state index in [1.807, 2.05) is 48.5 Å². The van der Waals surface area contributed by atoms with Gasteiger partial charge >= 0.3 is 5.97 Å². The first-order valence-corrected chi connectivity index (χ1v) is 10.1. The molecule has 0 N–H and O–H groups in total. The molecule has 0 aliphatic rings. The van der Waals surface area contributed by atoms with Gasteiger partial charge in [0.1, 0.15) is 11.5 Å². The lowest BCUT2D eigenvalue weighted by molar-refractivity contribution is -0.153. The third-order valence-corrected chi connectivity index (χ3v) is 5.01. The van der Waals surface area contributed by atoms with E-state index in [-0.39, 0.29) is 19.1 Å². The second-order valence-electron chi connectivity index (χ2n) is 6.70. The fourth-order valence-corrected chi connectivity index (χ4v) is 3.09. The van der Waals surface area contributed by atoms with Crippen molar-refractivity contribution < 1.29 is 23.8 Å². The van der Waals surface area contributed by atoms with Gasteiger partial charge in [0.25, 0.3) is 5.91 Å². The lowest BCUT2D eigenvalue weighted by atomic mass is 10.1. The summed E-state index contributed by atoms with van der Waals surface area (Å²) in [7, 11) is 3.31. The van der Waals surface area contributed by atoms with Gasteiger partial charge in [0, 0.05) is 18.1 Å². The number of methoxy groups -OCH3 is 1. The van der Waals surface area contributed by atoms with Crippen LogP contribution in [0.3, 0.4) is 0 Å². The van der Waals surface area contributed by atoms with Crippen molar-refractivity contribution >= 4 is 38.6 Å². The van der Waals surface area contributed by atoms with Crippen LogP contribution in [0, 0.1) is 0 Å². The van der Waals surface area contributed by atoms with Gasteiger partial charge in [-0.2, -0.15) is 0 Å². The molecule has 0 atom stereocenters. The Morgan fingerprint density at radius 1 is 0.900 bits per heavy atom. The van der Waals surface area contributed by atoms with Gasteiger partial charge in [-0.3, -0.25) is 4.79 Å². The molecule has 0 radical (unpaired) electrons. The predicted octanol–water partition coefficient (Wildman–Crippen LogP) is 4.19. The second kappa shape index (κ2) is 10.1. The van der Waals surface area contributed by atoms with Crippen LogP contribution in [0.4, 0.5) is 0 Å². The molecule has 0 saturated heterocycles. The van der Waals surface area contributed by atoms with Gasteiger partial charge in [-0.05, 0) is 58.8 Å². The summed E-state index contributed by atoms with van der Waals surface area (Å²) in [6.45, 7) is -0.176. The number of carbonyl (C=O) groups is 2. The Bertz CT molecular complexity index is 1040. The standard InChI is InChI=1S/C23H22BrNO5/c1-25(13-16-3-4-18-12-21(28-2)8-5-17(18)11-16)22(26)14-30-23(27)15-29-20-9-6-19(24)7-10-20/h3-12H,13-15H2,1-2H3. The van der Waals surface area contributed by atoms with E-state index in [4.69, 9.17) is 14.2 Å². The van der Waals surface area contributed by atoms with Crippen molar-refractivity contribution in [1.29, 1.82) is 0 Å². The number of amides is 1. The average molecular weight is 472 g/mol. The van der Waals surface area contributed by atoms with Crippen LogP contribution < -0.4 is 9.47 Å². The molecule has 6 nitrogen and oxygen atoms in total. The van der Waals surface area contributed by atoms with Crippen LogP contribution >= 0.6 is 15.9 Å². The number of ether oxygens (including phenoxy) is 3. The van der Waals surface area contributed by atoms with Gasteiger partial charge < -0.3 is 19.1 Å². The number of esters is 1. The molecular formula is C23H22BrNO5. The number of halogens is 1. The molecule has 0 heterocycles. The van der Waals surface area contributed by atoms with Crippen molar-refractivity contribution in [3.05, 3.63) is 70.7 Å². The summed E-state index contributed by atoms with van der Waals surface area (Å²) in [5.74, 6) is 0.460. The molecule has 0 unspecified atom stereocenters. The van der Waals surface area contributed by atoms with Gasteiger partial charge in [0.05, 0.1) is 7.11 Å². The largest absolute Gasteiger partial charge is 0.497 e. The zero-order chi connectivity index (χ0) is 21.5. The lowest BCUT2D eigenvalue weighted by Gasteiger charge is -2.17. The summed E-state index contributed by atoms with van der Waals surface area (Å²) in [5.41, 5.74) is 0.980. The molecule has 3 aromatic carbocycles. The average Bonchev–Trinajstić information content (AvgIpc) is 2.76. The maximum atomic E-state index is 12.3. The van der Waals surface area contributed by atoms with Crippen LogP contribution in [-0.4, -0.2) is 44.1 Å². The highest BCUT2D eigenvalue weighted by atomic mass is 79.9. The van der Waals surface area contributed by atoms with E-state index in [0.717, 1.165) is 26.6 Å². The minimum Gasteiger partial charge on any atom is -0.497 e. The van der Waals surface area contributed by atoms with Crippen molar-refractivity contribution in [3.63, 3.8) is 0 Å². The Morgan fingerprint density at radius 2 is 1.57 bits per heavy atom. The van der Waals surface area contributed by atoms with Crippen LogP contribution in [0.15, 0.2) is 65.1 Å². The SMILES string of the molecule is COc1ccc2cc(CN(C)C(=O)COC(=O)COc3ccc(Br)cc3)ccc2c1. The highest BCUT2D eigenvalue weighted by molar-refractivity contribution is 9.10. The van der Waals surface area contributed by atoms with Gasteiger partial charge in [-0.15, -0.1) is 0 Å². The van der Waals surface area contributed by atoms with Crippen LogP contribution in [0.1, 0.15) is 5.56 Å². The molecule has 3 aromatic rings. The van der Waals surface area contributed by atoms with Crippen LogP contribution in [0.25, 0.3) is 10.8 Å². The maximum Gasteiger partial charge on any atom is 0.344 e. The first-order valence-electron chi connectivity index (χ1n) is 9.29. The Kier molecular flexibility index (Phi) is 7.30. The molecule has 1 amide bonds. The fourth-order valence-electron chi connectivity index (χ4n) is 2.83. The summed E-state index contributed by atoms with van der Waals surface area (Å²) in [6.07, 6.45) is 0. The number of hydrogen-bond donors (Lipinski definition) is 0. The summed E-state index contributed by atoms with van der Waals surface area (Å²) in [6, 6.07) is 18.9. The highest BCUT2D eigenvalue weighted by Crippen LogP contribution is 2.22. The summed E-state index contributed by atoms with van der Waals surface area (Å²) in [5, 5.41) is 2.12. The summed E-state index contributed by atoms with van der Waals surface area (Å²) in [4.78, 5) is 25.6. The number of fused-ring (bicyclic) bond motifs is 1. The minimum atomic E-state index is -0.598. The van der Waals surface area contributed by atoms with Crippen molar-refractivity contribution in [1.82, 2.24) is 4.90 Å². The molecule has 0 aromatic heterocycles. The van der Waals surface area contributed by atoms with Crippen LogP contribution in [0.5, 0.6) is 11.5 Å². The number of nitrogens with zero attached hydrogens (tertiary/aromatic N) is 1. The number of rotatable bonds is 8. The second-order valence-corrected chi connectivity index (χ2v) is 7.62. The third kappa shape index (κ3) is 5.97. The van der Waals surface area contributed by atoms with Crippen molar-refractivity contribution in [2.75, 3.05) is 27.4 Å². The normalized spacial score (nSPS) is 10.5. The van der Waals surface area contributed by atoms with E-state index in [1.54, 1.807) is 26.3 Å². The van der Waals surface area contributed by atoms with Crippen molar-refractivity contribution in [2.24, 2.45) is 0 Å². The Balaban J connectivity index is 1.47. The Labute approximate surface area is 183 Å². The third-order valence-electron chi connectivity index (χ3n) is 4.48. The minimum absolute atomic E-state index is 0.257. The molecular weight excluding hydrogens is 450 g/mol. The molecule has 30 heavy (non-hydrogen) atoms.